The molecule has 0 aliphatic heterocycles. The molecule has 0 saturated heterocycles. The van der Waals surface area contributed by atoms with Crippen LogP contribution in [0.5, 0.6) is 0 Å². The van der Waals surface area contributed by atoms with E-state index in [1.807, 2.05) is 20.8 Å². The highest BCUT2D eigenvalue weighted by Gasteiger charge is 2.24. The standard InChI is InChI=1S/C9H21NO2/c1-8(2,3)12-6-7(11)9(4,5)10/h7,11H,6,10H2,1-5H3. The first kappa shape index (κ1) is 11.9. The molecule has 3 N–H and O–H groups in total. The van der Waals surface area contributed by atoms with E-state index in [0.29, 0.717) is 0 Å². The zero-order chi connectivity index (χ0) is 9.99. The Morgan fingerprint density at radius 2 is 1.67 bits per heavy atom. The minimum Gasteiger partial charge on any atom is -0.389 e. The molecule has 0 aliphatic rings. The van der Waals surface area contributed by atoms with Crippen molar-refractivity contribution >= 4 is 0 Å². The lowest BCUT2D eigenvalue weighted by molar-refractivity contribution is -0.0650. The molecule has 1 atom stereocenters. The highest BCUT2D eigenvalue weighted by atomic mass is 16.5. The molecular weight excluding hydrogens is 154 g/mol. The minimum atomic E-state index is -0.614. The quantitative estimate of drug-likeness (QED) is 0.670. The van der Waals surface area contributed by atoms with Crippen molar-refractivity contribution in [2.75, 3.05) is 6.61 Å². The summed E-state index contributed by atoms with van der Waals surface area (Å²) in [5.74, 6) is 0. The van der Waals surface area contributed by atoms with E-state index in [1.165, 1.54) is 0 Å². The zero-order valence-electron chi connectivity index (χ0n) is 8.72. The highest BCUT2D eigenvalue weighted by Crippen LogP contribution is 2.11. The summed E-state index contributed by atoms with van der Waals surface area (Å²) in [6.45, 7) is 9.69. The molecule has 0 spiro atoms. The Balaban J connectivity index is 3.80. The van der Waals surface area contributed by atoms with E-state index in [1.54, 1.807) is 13.8 Å². The first-order valence-electron chi connectivity index (χ1n) is 4.24. The Bertz CT molecular complexity index is 132. The van der Waals surface area contributed by atoms with Crippen LogP contribution < -0.4 is 5.73 Å². The average Bonchev–Trinajstić information content (AvgIpc) is 1.78. The largest absolute Gasteiger partial charge is 0.389 e. The Labute approximate surface area is 74.9 Å². The smallest absolute Gasteiger partial charge is 0.0947 e. The lowest BCUT2D eigenvalue weighted by Crippen LogP contribution is -2.48. The lowest BCUT2D eigenvalue weighted by atomic mass is 9.99. The highest BCUT2D eigenvalue weighted by molar-refractivity contribution is 4.81. The predicted octanol–water partition coefficient (Wildman–Crippen LogP) is 0.900. The van der Waals surface area contributed by atoms with Crippen molar-refractivity contribution in [1.29, 1.82) is 0 Å². The summed E-state index contributed by atoms with van der Waals surface area (Å²) in [5.41, 5.74) is 4.87. The van der Waals surface area contributed by atoms with Crippen LogP contribution in [0.15, 0.2) is 0 Å². The Morgan fingerprint density at radius 1 is 1.25 bits per heavy atom. The average molecular weight is 175 g/mol. The molecule has 1 unspecified atom stereocenters. The minimum absolute atomic E-state index is 0.216. The second kappa shape index (κ2) is 3.73. The lowest BCUT2D eigenvalue weighted by Gasteiger charge is -2.29. The summed E-state index contributed by atoms with van der Waals surface area (Å²) in [6.07, 6.45) is -0.614. The third kappa shape index (κ3) is 5.52. The Morgan fingerprint density at radius 3 is 1.92 bits per heavy atom. The second-order valence-electron chi connectivity index (χ2n) is 4.76. The maximum atomic E-state index is 9.50. The molecule has 0 radical (unpaired) electrons. The number of nitrogens with two attached hydrogens (primary N) is 1. The van der Waals surface area contributed by atoms with Gasteiger partial charge in [0.15, 0.2) is 0 Å². The van der Waals surface area contributed by atoms with Crippen LogP contribution in [-0.2, 0) is 4.74 Å². The van der Waals surface area contributed by atoms with Gasteiger partial charge in [-0.25, -0.2) is 0 Å². The van der Waals surface area contributed by atoms with Crippen LogP contribution in [0.25, 0.3) is 0 Å². The SMILES string of the molecule is CC(C)(C)OCC(O)C(C)(C)N. The molecule has 74 valence electrons. The van der Waals surface area contributed by atoms with Gasteiger partial charge in [0.1, 0.15) is 0 Å². The van der Waals surface area contributed by atoms with E-state index in [4.69, 9.17) is 10.5 Å². The molecule has 0 aromatic rings. The van der Waals surface area contributed by atoms with Gasteiger partial charge in [-0.3, -0.25) is 0 Å². The van der Waals surface area contributed by atoms with Gasteiger partial charge in [-0.15, -0.1) is 0 Å². The fourth-order valence-corrected chi connectivity index (χ4v) is 0.544. The van der Waals surface area contributed by atoms with Gasteiger partial charge < -0.3 is 15.6 Å². The van der Waals surface area contributed by atoms with Crippen molar-refractivity contribution in [3.8, 4) is 0 Å². The van der Waals surface area contributed by atoms with E-state index in [0.717, 1.165) is 0 Å². The third-order valence-electron chi connectivity index (χ3n) is 1.53. The molecular formula is C9H21NO2. The summed E-state index contributed by atoms with van der Waals surface area (Å²) in [7, 11) is 0. The van der Waals surface area contributed by atoms with Crippen molar-refractivity contribution < 1.29 is 9.84 Å². The zero-order valence-corrected chi connectivity index (χ0v) is 8.72. The normalized spacial score (nSPS) is 16.2. The van der Waals surface area contributed by atoms with Crippen molar-refractivity contribution in [3.05, 3.63) is 0 Å². The van der Waals surface area contributed by atoms with Crippen LogP contribution in [0, 0.1) is 0 Å². The third-order valence-corrected chi connectivity index (χ3v) is 1.53. The number of hydrogen-bond acceptors (Lipinski definition) is 3. The van der Waals surface area contributed by atoms with Gasteiger partial charge in [-0.2, -0.15) is 0 Å². The number of hydrogen-bond donors (Lipinski definition) is 2. The van der Waals surface area contributed by atoms with Crippen LogP contribution in [-0.4, -0.2) is 29.0 Å². The van der Waals surface area contributed by atoms with Gasteiger partial charge in [-0.05, 0) is 34.6 Å². The van der Waals surface area contributed by atoms with Gasteiger partial charge >= 0.3 is 0 Å². The number of ether oxygens (including phenoxy) is 1. The molecule has 12 heavy (non-hydrogen) atoms. The van der Waals surface area contributed by atoms with Gasteiger partial charge in [-0.1, -0.05) is 0 Å². The van der Waals surface area contributed by atoms with E-state index in [2.05, 4.69) is 0 Å². The van der Waals surface area contributed by atoms with E-state index in [9.17, 15) is 5.11 Å². The number of aliphatic hydroxyl groups is 1. The molecule has 0 heterocycles. The summed E-state index contributed by atoms with van der Waals surface area (Å²) in [6, 6.07) is 0. The molecule has 0 bridgehead atoms. The predicted molar refractivity (Wildman–Crippen MR) is 50.0 cm³/mol. The molecule has 0 saturated carbocycles. The summed E-state index contributed by atoms with van der Waals surface area (Å²) < 4.78 is 5.39. The fraction of sp³-hybridized carbons (Fsp3) is 1.00. The topological polar surface area (TPSA) is 55.5 Å². The molecule has 0 aromatic carbocycles. The second-order valence-corrected chi connectivity index (χ2v) is 4.76. The Kier molecular flexibility index (Phi) is 3.69. The van der Waals surface area contributed by atoms with Crippen LogP contribution in [0.1, 0.15) is 34.6 Å². The van der Waals surface area contributed by atoms with Gasteiger partial charge in [0.05, 0.1) is 18.3 Å². The molecule has 3 nitrogen and oxygen atoms in total. The molecule has 0 aromatic heterocycles. The first-order chi connectivity index (χ1) is 5.13. The van der Waals surface area contributed by atoms with Crippen LogP contribution in [0.3, 0.4) is 0 Å². The summed E-state index contributed by atoms with van der Waals surface area (Å²) in [5, 5.41) is 9.50. The molecule has 0 rings (SSSR count). The van der Waals surface area contributed by atoms with E-state index in [-0.39, 0.29) is 12.2 Å². The van der Waals surface area contributed by atoms with Crippen LogP contribution >= 0.6 is 0 Å². The van der Waals surface area contributed by atoms with Crippen LogP contribution in [0.4, 0.5) is 0 Å². The fourth-order valence-electron chi connectivity index (χ4n) is 0.544. The number of rotatable bonds is 3. The summed E-state index contributed by atoms with van der Waals surface area (Å²) >= 11 is 0. The Hall–Kier alpha value is -0.120. The van der Waals surface area contributed by atoms with Crippen molar-refractivity contribution in [1.82, 2.24) is 0 Å². The van der Waals surface area contributed by atoms with Crippen molar-refractivity contribution in [2.24, 2.45) is 5.73 Å². The number of aliphatic hydroxyl groups excluding tert-OH is 1. The summed E-state index contributed by atoms with van der Waals surface area (Å²) in [4.78, 5) is 0. The molecule has 0 fully saturated rings. The first-order valence-corrected chi connectivity index (χ1v) is 4.24. The van der Waals surface area contributed by atoms with Gasteiger partial charge in [0, 0.05) is 5.54 Å². The maximum absolute atomic E-state index is 9.50. The monoisotopic (exact) mass is 175 g/mol. The van der Waals surface area contributed by atoms with Crippen molar-refractivity contribution in [3.63, 3.8) is 0 Å². The van der Waals surface area contributed by atoms with Gasteiger partial charge in [0.25, 0.3) is 0 Å². The molecule has 0 amide bonds. The maximum Gasteiger partial charge on any atom is 0.0947 e. The molecule has 0 aliphatic carbocycles. The van der Waals surface area contributed by atoms with Crippen LogP contribution in [0.2, 0.25) is 0 Å². The van der Waals surface area contributed by atoms with Gasteiger partial charge in [0.2, 0.25) is 0 Å². The molecule has 3 heteroatoms. The van der Waals surface area contributed by atoms with E-state index < -0.39 is 11.6 Å². The van der Waals surface area contributed by atoms with E-state index >= 15 is 0 Å². The van der Waals surface area contributed by atoms with Crippen molar-refractivity contribution in [2.45, 2.75) is 51.9 Å².